The van der Waals surface area contributed by atoms with E-state index in [1.54, 1.807) is 0 Å². The Morgan fingerprint density at radius 2 is 2.05 bits per heavy atom. The van der Waals surface area contributed by atoms with E-state index < -0.39 is 0 Å². The summed E-state index contributed by atoms with van der Waals surface area (Å²) in [5.41, 5.74) is 1.31. The molecule has 0 aromatic heterocycles. The standard InChI is InChI=1S/C17H27NO2/c1-4-13(2)16-7-5-6-8-17(16)19-12-15-10-9-14(20-15)11-18-3/h5-8,13-15,18H,4,9-12H2,1-3H3. The van der Waals surface area contributed by atoms with E-state index >= 15 is 0 Å². The molecule has 1 fully saturated rings. The number of benzene rings is 1. The van der Waals surface area contributed by atoms with Crippen molar-refractivity contribution in [2.75, 3.05) is 20.2 Å². The molecule has 1 saturated heterocycles. The number of hydrogen-bond acceptors (Lipinski definition) is 3. The van der Waals surface area contributed by atoms with Crippen molar-refractivity contribution in [1.29, 1.82) is 0 Å². The molecule has 1 aliphatic heterocycles. The molecule has 0 radical (unpaired) electrons. The van der Waals surface area contributed by atoms with Crippen molar-refractivity contribution < 1.29 is 9.47 Å². The molecule has 0 spiro atoms. The van der Waals surface area contributed by atoms with Crippen LogP contribution in [0.5, 0.6) is 5.75 Å². The summed E-state index contributed by atoms with van der Waals surface area (Å²) in [6.45, 7) is 6.05. The second-order valence-corrected chi connectivity index (χ2v) is 5.67. The number of para-hydroxylation sites is 1. The Morgan fingerprint density at radius 3 is 2.80 bits per heavy atom. The lowest BCUT2D eigenvalue weighted by Crippen LogP contribution is -2.26. The van der Waals surface area contributed by atoms with Crippen LogP contribution in [0.15, 0.2) is 24.3 Å². The minimum absolute atomic E-state index is 0.235. The number of hydrogen-bond donors (Lipinski definition) is 1. The van der Waals surface area contributed by atoms with Gasteiger partial charge in [-0.2, -0.15) is 0 Å². The van der Waals surface area contributed by atoms with Crippen LogP contribution in [-0.2, 0) is 4.74 Å². The maximum atomic E-state index is 6.03. The van der Waals surface area contributed by atoms with Gasteiger partial charge in [-0.3, -0.25) is 0 Å². The lowest BCUT2D eigenvalue weighted by molar-refractivity contribution is 0.0191. The number of likely N-dealkylation sites (N-methyl/N-ethyl adjacent to an activating group) is 1. The molecule has 1 N–H and O–H groups in total. The van der Waals surface area contributed by atoms with Crippen LogP contribution in [0, 0.1) is 0 Å². The van der Waals surface area contributed by atoms with Crippen LogP contribution in [0.2, 0.25) is 0 Å². The molecule has 3 nitrogen and oxygen atoms in total. The van der Waals surface area contributed by atoms with E-state index in [4.69, 9.17) is 9.47 Å². The summed E-state index contributed by atoms with van der Waals surface area (Å²) < 4.78 is 12.0. The third-order valence-electron chi connectivity index (χ3n) is 4.11. The highest BCUT2D eigenvalue weighted by Crippen LogP contribution is 2.29. The lowest BCUT2D eigenvalue weighted by atomic mass is 9.98. The van der Waals surface area contributed by atoms with E-state index in [9.17, 15) is 0 Å². The SMILES string of the molecule is CCC(C)c1ccccc1OCC1CCC(CNC)O1. The van der Waals surface area contributed by atoms with Gasteiger partial charge in [0, 0.05) is 6.54 Å². The normalized spacial score (nSPS) is 23.8. The molecule has 112 valence electrons. The van der Waals surface area contributed by atoms with Crippen molar-refractivity contribution in [3.8, 4) is 5.75 Å². The van der Waals surface area contributed by atoms with Crippen LogP contribution in [-0.4, -0.2) is 32.4 Å². The van der Waals surface area contributed by atoms with Gasteiger partial charge in [0.25, 0.3) is 0 Å². The monoisotopic (exact) mass is 277 g/mol. The molecule has 0 saturated carbocycles. The smallest absolute Gasteiger partial charge is 0.122 e. The highest BCUT2D eigenvalue weighted by Gasteiger charge is 2.25. The molecule has 1 aromatic rings. The first-order valence-electron chi connectivity index (χ1n) is 7.76. The minimum atomic E-state index is 0.235. The Labute approximate surface area is 122 Å². The lowest BCUT2D eigenvalue weighted by Gasteiger charge is -2.18. The average Bonchev–Trinajstić information content (AvgIpc) is 2.93. The Bertz CT molecular complexity index is 408. The molecule has 3 heteroatoms. The third kappa shape index (κ3) is 3.97. The van der Waals surface area contributed by atoms with E-state index in [1.807, 2.05) is 13.1 Å². The molecular weight excluding hydrogens is 250 g/mol. The average molecular weight is 277 g/mol. The third-order valence-corrected chi connectivity index (χ3v) is 4.11. The van der Waals surface area contributed by atoms with Gasteiger partial charge < -0.3 is 14.8 Å². The van der Waals surface area contributed by atoms with Crippen LogP contribution < -0.4 is 10.1 Å². The Balaban J connectivity index is 1.88. The predicted octanol–water partition coefficient (Wildman–Crippen LogP) is 3.35. The van der Waals surface area contributed by atoms with Gasteiger partial charge in [-0.15, -0.1) is 0 Å². The summed E-state index contributed by atoms with van der Waals surface area (Å²) in [5, 5.41) is 3.17. The van der Waals surface area contributed by atoms with Gasteiger partial charge in [-0.25, -0.2) is 0 Å². The minimum Gasteiger partial charge on any atom is -0.491 e. The second-order valence-electron chi connectivity index (χ2n) is 5.67. The van der Waals surface area contributed by atoms with Crippen molar-refractivity contribution in [1.82, 2.24) is 5.32 Å². The first-order valence-corrected chi connectivity index (χ1v) is 7.76. The van der Waals surface area contributed by atoms with Crippen molar-refractivity contribution in [3.05, 3.63) is 29.8 Å². The second kappa shape index (κ2) is 7.65. The fourth-order valence-electron chi connectivity index (χ4n) is 2.70. The highest BCUT2D eigenvalue weighted by atomic mass is 16.5. The molecule has 1 heterocycles. The van der Waals surface area contributed by atoms with E-state index in [0.717, 1.165) is 31.6 Å². The highest BCUT2D eigenvalue weighted by molar-refractivity contribution is 5.35. The Morgan fingerprint density at radius 1 is 1.30 bits per heavy atom. The van der Waals surface area contributed by atoms with Crippen molar-refractivity contribution >= 4 is 0 Å². The molecular formula is C17H27NO2. The predicted molar refractivity (Wildman–Crippen MR) is 82.5 cm³/mol. The summed E-state index contributed by atoms with van der Waals surface area (Å²) >= 11 is 0. The maximum Gasteiger partial charge on any atom is 0.122 e. The quantitative estimate of drug-likeness (QED) is 0.829. The van der Waals surface area contributed by atoms with E-state index in [-0.39, 0.29) is 6.10 Å². The molecule has 1 aromatic carbocycles. The summed E-state index contributed by atoms with van der Waals surface area (Å²) in [4.78, 5) is 0. The van der Waals surface area contributed by atoms with Gasteiger partial charge in [0.15, 0.2) is 0 Å². The van der Waals surface area contributed by atoms with Crippen molar-refractivity contribution in [3.63, 3.8) is 0 Å². The molecule has 2 rings (SSSR count). The molecule has 0 aliphatic carbocycles. The molecule has 3 unspecified atom stereocenters. The molecule has 0 amide bonds. The Hall–Kier alpha value is -1.06. The summed E-state index contributed by atoms with van der Waals surface area (Å²) in [6, 6.07) is 8.37. The molecule has 0 bridgehead atoms. The van der Waals surface area contributed by atoms with Crippen LogP contribution >= 0.6 is 0 Å². The van der Waals surface area contributed by atoms with Crippen LogP contribution in [0.4, 0.5) is 0 Å². The molecule has 20 heavy (non-hydrogen) atoms. The fourth-order valence-corrected chi connectivity index (χ4v) is 2.70. The molecule has 1 aliphatic rings. The van der Waals surface area contributed by atoms with E-state index in [0.29, 0.717) is 18.6 Å². The van der Waals surface area contributed by atoms with Gasteiger partial charge in [0.2, 0.25) is 0 Å². The van der Waals surface area contributed by atoms with Gasteiger partial charge >= 0.3 is 0 Å². The topological polar surface area (TPSA) is 30.5 Å². The zero-order valence-electron chi connectivity index (χ0n) is 12.9. The van der Waals surface area contributed by atoms with E-state index in [2.05, 4.69) is 37.4 Å². The number of rotatable bonds is 7. The first kappa shape index (κ1) is 15.3. The summed E-state index contributed by atoms with van der Waals surface area (Å²) in [5.74, 6) is 1.55. The Kier molecular flexibility index (Phi) is 5.86. The van der Waals surface area contributed by atoms with Gasteiger partial charge in [0.05, 0.1) is 12.2 Å². The van der Waals surface area contributed by atoms with Crippen LogP contribution in [0.3, 0.4) is 0 Å². The zero-order valence-corrected chi connectivity index (χ0v) is 12.9. The molecule has 3 atom stereocenters. The number of ether oxygens (including phenoxy) is 2. The van der Waals surface area contributed by atoms with Gasteiger partial charge in [-0.1, -0.05) is 32.0 Å². The van der Waals surface area contributed by atoms with Gasteiger partial charge in [-0.05, 0) is 43.9 Å². The first-order chi connectivity index (χ1) is 9.74. The van der Waals surface area contributed by atoms with Crippen LogP contribution in [0.1, 0.15) is 44.6 Å². The van der Waals surface area contributed by atoms with Crippen molar-refractivity contribution in [2.45, 2.75) is 51.2 Å². The number of nitrogens with one attached hydrogen (secondary N) is 1. The zero-order chi connectivity index (χ0) is 14.4. The van der Waals surface area contributed by atoms with E-state index in [1.165, 1.54) is 5.56 Å². The summed E-state index contributed by atoms with van der Waals surface area (Å²) in [6.07, 6.45) is 3.93. The summed E-state index contributed by atoms with van der Waals surface area (Å²) in [7, 11) is 1.97. The largest absolute Gasteiger partial charge is 0.491 e. The maximum absolute atomic E-state index is 6.03. The van der Waals surface area contributed by atoms with Gasteiger partial charge in [0.1, 0.15) is 12.4 Å². The fraction of sp³-hybridized carbons (Fsp3) is 0.647. The van der Waals surface area contributed by atoms with Crippen molar-refractivity contribution in [2.24, 2.45) is 0 Å². The van der Waals surface area contributed by atoms with Crippen LogP contribution in [0.25, 0.3) is 0 Å².